The van der Waals surface area contributed by atoms with Crippen molar-refractivity contribution in [1.82, 2.24) is 4.31 Å². The summed E-state index contributed by atoms with van der Waals surface area (Å²) in [6.07, 6.45) is -1.51. The smallest absolute Gasteiger partial charge is 0.233 e. The van der Waals surface area contributed by atoms with Gasteiger partial charge in [-0.2, -0.15) is 4.31 Å². The molecule has 1 saturated heterocycles. The number of β-amino-alcohol motifs (C(OH)–C–C–N with tert-alkyl or cyclic N) is 1. The van der Waals surface area contributed by atoms with Crippen molar-refractivity contribution < 1.29 is 36.5 Å². The van der Waals surface area contributed by atoms with Gasteiger partial charge in [-0.1, -0.05) is 17.7 Å². The van der Waals surface area contributed by atoms with Gasteiger partial charge in [-0.25, -0.2) is 26.4 Å². The van der Waals surface area contributed by atoms with Crippen LogP contribution < -0.4 is 4.74 Å². The summed E-state index contributed by atoms with van der Waals surface area (Å²) in [5.41, 5.74) is -2.43. The molecule has 2 N–H and O–H groups in total. The molecular formula is C18H14ClF3N2O5S. The Kier molecular flexibility index (Phi) is 5.99. The molecule has 2 aromatic carbocycles. The Morgan fingerprint density at radius 3 is 2.53 bits per heavy atom. The van der Waals surface area contributed by atoms with Gasteiger partial charge in [0.2, 0.25) is 15.7 Å². The Bertz CT molecular complexity index is 1140. The zero-order valence-electron chi connectivity index (χ0n) is 15.0. The van der Waals surface area contributed by atoms with Crippen LogP contribution in [0.5, 0.6) is 5.75 Å². The molecule has 30 heavy (non-hydrogen) atoms. The summed E-state index contributed by atoms with van der Waals surface area (Å²) in [6, 6.07) is 4.19. The maximum absolute atomic E-state index is 13.9. The van der Waals surface area contributed by atoms with Gasteiger partial charge in [-0.15, -0.1) is 0 Å². The summed E-state index contributed by atoms with van der Waals surface area (Å²) in [6.45, 7) is 4.98. The highest BCUT2D eigenvalue weighted by Gasteiger charge is 2.51. The third-order valence-corrected chi connectivity index (χ3v) is 6.69. The van der Waals surface area contributed by atoms with Crippen LogP contribution in [-0.4, -0.2) is 54.3 Å². The first-order valence-corrected chi connectivity index (χ1v) is 10.2. The predicted molar refractivity (Wildman–Crippen MR) is 99.2 cm³/mol. The van der Waals surface area contributed by atoms with Gasteiger partial charge >= 0.3 is 0 Å². The molecule has 1 fully saturated rings. The molecule has 0 unspecified atom stereocenters. The number of ether oxygens (including phenoxy) is 1. The number of aliphatic hydroxyl groups is 2. The van der Waals surface area contributed by atoms with Gasteiger partial charge in [-0.05, 0) is 12.1 Å². The van der Waals surface area contributed by atoms with Crippen molar-refractivity contribution >= 4 is 27.3 Å². The van der Waals surface area contributed by atoms with E-state index >= 15 is 0 Å². The number of rotatable bonds is 5. The lowest BCUT2D eigenvalue weighted by Gasteiger charge is -2.27. The zero-order chi connectivity index (χ0) is 22.3. The Hall–Kier alpha value is -2.36. The van der Waals surface area contributed by atoms with Crippen LogP contribution in [-0.2, 0) is 10.0 Å². The van der Waals surface area contributed by atoms with E-state index in [4.69, 9.17) is 22.9 Å². The molecule has 160 valence electrons. The highest BCUT2D eigenvalue weighted by Crippen LogP contribution is 2.35. The maximum atomic E-state index is 13.9. The second-order valence-electron chi connectivity index (χ2n) is 6.59. The van der Waals surface area contributed by atoms with Crippen molar-refractivity contribution in [2.24, 2.45) is 0 Å². The van der Waals surface area contributed by atoms with E-state index in [0.29, 0.717) is 6.07 Å². The number of aliphatic hydroxyl groups excluding tert-OH is 1. The third-order valence-electron chi connectivity index (χ3n) is 4.60. The largest absolute Gasteiger partial charge is 0.483 e. The fraction of sp³-hybridized carbons (Fsp3) is 0.278. The van der Waals surface area contributed by atoms with Crippen molar-refractivity contribution in [2.75, 3.05) is 19.7 Å². The van der Waals surface area contributed by atoms with E-state index in [1.807, 2.05) is 0 Å². The summed E-state index contributed by atoms with van der Waals surface area (Å²) in [7, 11) is -4.35. The normalized spacial score (nSPS) is 22.1. The van der Waals surface area contributed by atoms with E-state index < -0.39 is 64.6 Å². The molecule has 7 nitrogen and oxygen atoms in total. The molecular weight excluding hydrogens is 449 g/mol. The average Bonchev–Trinajstić information content (AvgIpc) is 3.03. The fourth-order valence-electron chi connectivity index (χ4n) is 2.99. The maximum Gasteiger partial charge on any atom is 0.233 e. The van der Waals surface area contributed by atoms with E-state index in [1.54, 1.807) is 0 Å². The highest BCUT2D eigenvalue weighted by atomic mass is 35.5. The van der Waals surface area contributed by atoms with Crippen LogP contribution in [0.2, 0.25) is 5.02 Å². The van der Waals surface area contributed by atoms with Crippen molar-refractivity contribution in [3.8, 4) is 5.75 Å². The van der Waals surface area contributed by atoms with Gasteiger partial charge in [-0.3, -0.25) is 0 Å². The molecule has 0 bridgehead atoms. The number of hydrogen-bond acceptors (Lipinski definition) is 5. The van der Waals surface area contributed by atoms with E-state index in [-0.39, 0.29) is 21.7 Å². The van der Waals surface area contributed by atoms with Gasteiger partial charge in [0.15, 0.2) is 23.2 Å². The van der Waals surface area contributed by atoms with Crippen molar-refractivity contribution in [1.29, 1.82) is 0 Å². The monoisotopic (exact) mass is 462 g/mol. The van der Waals surface area contributed by atoms with Gasteiger partial charge in [0.1, 0.15) is 11.7 Å². The highest BCUT2D eigenvalue weighted by molar-refractivity contribution is 7.89. The quantitative estimate of drug-likeness (QED) is 0.526. The van der Waals surface area contributed by atoms with Gasteiger partial charge in [0, 0.05) is 23.7 Å². The first kappa shape index (κ1) is 22.3. The minimum Gasteiger partial charge on any atom is -0.483 e. The number of halogens is 4. The predicted octanol–water partition coefficient (Wildman–Crippen LogP) is 2.48. The van der Waals surface area contributed by atoms with Crippen LogP contribution in [0, 0.1) is 24.0 Å². The van der Waals surface area contributed by atoms with Crippen LogP contribution in [0.3, 0.4) is 0 Å². The molecule has 0 aliphatic carbocycles. The molecule has 0 amide bonds. The molecule has 2 atom stereocenters. The minimum atomic E-state index is -4.35. The Balaban J connectivity index is 1.95. The molecule has 0 saturated carbocycles. The standard InChI is InChI=1S/C18H14ClF3N2O5S/c1-23-14-4-10(19)2-3-16(14)30(27,28)24-7-17(18(26,8-24)9-25)29-15-6-12(21)11(20)5-13(15)22/h2-6,17,25-26H,7-9H2/t17-,18+/m0/s1. The summed E-state index contributed by atoms with van der Waals surface area (Å²) in [5, 5.41) is 20.4. The Morgan fingerprint density at radius 2 is 1.90 bits per heavy atom. The molecule has 1 aliphatic rings. The molecule has 1 aliphatic heterocycles. The van der Waals surface area contributed by atoms with Gasteiger partial charge in [0.05, 0.1) is 24.6 Å². The molecule has 2 aromatic rings. The molecule has 0 spiro atoms. The number of nitrogens with zero attached hydrogens (tertiary/aromatic N) is 2. The lowest BCUT2D eigenvalue weighted by molar-refractivity contribution is -0.0650. The summed E-state index contributed by atoms with van der Waals surface area (Å²) in [4.78, 5) is 2.74. The van der Waals surface area contributed by atoms with Crippen LogP contribution in [0.15, 0.2) is 35.2 Å². The lowest BCUT2D eigenvalue weighted by atomic mass is 10.0. The molecule has 3 rings (SSSR count). The lowest BCUT2D eigenvalue weighted by Crippen LogP contribution is -2.48. The number of benzene rings is 2. The Labute approximate surface area is 174 Å². The summed E-state index contributed by atoms with van der Waals surface area (Å²) >= 11 is 5.79. The van der Waals surface area contributed by atoms with E-state index in [0.717, 1.165) is 16.4 Å². The van der Waals surface area contributed by atoms with Crippen LogP contribution in [0.4, 0.5) is 18.9 Å². The van der Waals surface area contributed by atoms with Gasteiger partial charge in [0.25, 0.3) is 0 Å². The topological polar surface area (TPSA) is 91.4 Å². The second kappa shape index (κ2) is 8.05. The van der Waals surface area contributed by atoms with Crippen LogP contribution in [0.25, 0.3) is 4.85 Å². The van der Waals surface area contributed by atoms with Crippen LogP contribution in [0.1, 0.15) is 0 Å². The van der Waals surface area contributed by atoms with Gasteiger partial charge < -0.3 is 14.9 Å². The van der Waals surface area contributed by atoms with E-state index in [2.05, 4.69) is 4.85 Å². The average molecular weight is 463 g/mol. The van der Waals surface area contributed by atoms with Crippen molar-refractivity contribution in [3.63, 3.8) is 0 Å². The van der Waals surface area contributed by atoms with Crippen molar-refractivity contribution in [3.05, 3.63) is 64.2 Å². The molecule has 1 heterocycles. The fourth-order valence-corrected chi connectivity index (χ4v) is 4.77. The Morgan fingerprint density at radius 1 is 1.23 bits per heavy atom. The molecule has 12 heteroatoms. The summed E-state index contributed by atoms with van der Waals surface area (Å²) in [5.74, 6) is -4.91. The number of hydrogen-bond donors (Lipinski definition) is 2. The summed E-state index contributed by atoms with van der Waals surface area (Å²) < 4.78 is 72.4. The SMILES string of the molecule is [C-]#[N+]c1cc(Cl)ccc1S(=O)(=O)N1C[C@H](Oc2cc(F)c(F)cc2F)[C@](O)(CO)C1. The first-order valence-electron chi connectivity index (χ1n) is 8.33. The van der Waals surface area contributed by atoms with E-state index in [9.17, 15) is 31.8 Å². The molecule has 0 radical (unpaired) electrons. The molecule has 0 aromatic heterocycles. The van der Waals surface area contributed by atoms with Crippen LogP contribution >= 0.6 is 11.6 Å². The minimum absolute atomic E-state index is 0.142. The zero-order valence-corrected chi connectivity index (χ0v) is 16.6. The van der Waals surface area contributed by atoms with Crippen molar-refractivity contribution in [2.45, 2.75) is 16.6 Å². The first-order chi connectivity index (χ1) is 14.0. The van der Waals surface area contributed by atoms with E-state index in [1.165, 1.54) is 6.07 Å². The third kappa shape index (κ3) is 3.97. The number of sulfonamides is 1. The second-order valence-corrected chi connectivity index (χ2v) is 8.93.